The second-order valence-electron chi connectivity index (χ2n) is 7.59. The van der Waals surface area contributed by atoms with Gasteiger partial charge in [0.05, 0.1) is 10.9 Å². The van der Waals surface area contributed by atoms with Crippen LogP contribution in [0.3, 0.4) is 0 Å². The van der Waals surface area contributed by atoms with Crippen LogP contribution in [0, 0.1) is 6.92 Å². The number of hydrogen-bond donors (Lipinski definition) is 2. The molecule has 1 heterocycles. The van der Waals surface area contributed by atoms with Gasteiger partial charge in [0.25, 0.3) is 15.9 Å². The van der Waals surface area contributed by atoms with Gasteiger partial charge in [-0.2, -0.15) is 0 Å². The number of amides is 1. The number of anilines is 1. The molecule has 1 aliphatic rings. The van der Waals surface area contributed by atoms with Crippen molar-refractivity contribution in [3.8, 4) is 11.5 Å². The number of benzene rings is 3. The van der Waals surface area contributed by atoms with Gasteiger partial charge in [-0.15, -0.1) is 0 Å². The van der Waals surface area contributed by atoms with E-state index in [0.717, 1.165) is 11.1 Å². The Bertz CT molecular complexity index is 1220. The van der Waals surface area contributed by atoms with E-state index in [-0.39, 0.29) is 16.8 Å². The fourth-order valence-electron chi connectivity index (χ4n) is 3.31. The van der Waals surface area contributed by atoms with Crippen LogP contribution in [0.25, 0.3) is 0 Å². The fourth-order valence-corrected chi connectivity index (χ4v) is 4.37. The second-order valence-corrected chi connectivity index (χ2v) is 9.28. The van der Waals surface area contributed by atoms with Crippen LogP contribution in [0.15, 0.2) is 71.6 Å². The maximum atomic E-state index is 12.7. The van der Waals surface area contributed by atoms with Crippen LogP contribution in [0.5, 0.6) is 11.5 Å². The summed E-state index contributed by atoms with van der Waals surface area (Å²) < 4.78 is 38.7. The number of ether oxygens (including phenoxy) is 2. The predicted molar refractivity (Wildman–Crippen MR) is 122 cm³/mol. The van der Waals surface area contributed by atoms with E-state index in [4.69, 9.17) is 9.47 Å². The molecular formula is C24H24N2O5S. The lowest BCUT2D eigenvalue weighted by Crippen LogP contribution is -2.26. The molecule has 0 saturated carbocycles. The minimum absolute atomic E-state index is 0.179. The Morgan fingerprint density at radius 1 is 0.906 bits per heavy atom. The minimum atomic E-state index is -3.70. The third-order valence-electron chi connectivity index (χ3n) is 5.14. The highest BCUT2D eigenvalue weighted by Crippen LogP contribution is 2.32. The van der Waals surface area contributed by atoms with Crippen LogP contribution in [0.2, 0.25) is 0 Å². The number of carbonyl (C=O) groups excluding carboxylic acids is 1. The SMILES string of the molecule is Cc1ccc(S(=O)(=O)Nc2ccc(C(=O)N[C@@H](C)c3ccc4c(c3)OCCO4)cc2)cc1. The largest absolute Gasteiger partial charge is 0.486 e. The molecule has 1 amide bonds. The van der Waals surface area contributed by atoms with Crippen LogP contribution in [-0.2, 0) is 10.0 Å². The van der Waals surface area contributed by atoms with Gasteiger partial charge in [-0.3, -0.25) is 9.52 Å². The first-order valence-electron chi connectivity index (χ1n) is 10.2. The number of carbonyl (C=O) groups is 1. The van der Waals surface area contributed by atoms with E-state index in [1.165, 1.54) is 0 Å². The number of hydrogen-bond acceptors (Lipinski definition) is 5. The number of sulfonamides is 1. The molecule has 1 aliphatic heterocycles. The van der Waals surface area contributed by atoms with Gasteiger partial charge < -0.3 is 14.8 Å². The molecular weight excluding hydrogens is 428 g/mol. The monoisotopic (exact) mass is 452 g/mol. The Kier molecular flexibility index (Phi) is 6.05. The molecule has 3 aromatic rings. The quantitative estimate of drug-likeness (QED) is 0.588. The molecule has 1 atom stereocenters. The van der Waals surface area contributed by atoms with E-state index in [0.29, 0.717) is 36.0 Å². The van der Waals surface area contributed by atoms with Gasteiger partial charge in [-0.1, -0.05) is 23.8 Å². The zero-order valence-corrected chi connectivity index (χ0v) is 18.6. The molecule has 8 heteroatoms. The Morgan fingerprint density at radius 2 is 1.56 bits per heavy atom. The first-order valence-corrected chi connectivity index (χ1v) is 11.7. The van der Waals surface area contributed by atoms with E-state index in [1.54, 1.807) is 48.5 Å². The highest BCUT2D eigenvalue weighted by Gasteiger charge is 2.17. The van der Waals surface area contributed by atoms with Gasteiger partial charge in [-0.05, 0) is 67.9 Å². The third-order valence-corrected chi connectivity index (χ3v) is 6.54. The number of fused-ring (bicyclic) bond motifs is 1. The second kappa shape index (κ2) is 8.92. The van der Waals surface area contributed by atoms with E-state index < -0.39 is 10.0 Å². The molecule has 0 aliphatic carbocycles. The van der Waals surface area contributed by atoms with Crippen molar-refractivity contribution in [3.63, 3.8) is 0 Å². The Hall–Kier alpha value is -3.52. The van der Waals surface area contributed by atoms with Gasteiger partial charge in [0.2, 0.25) is 0 Å². The molecule has 166 valence electrons. The van der Waals surface area contributed by atoms with Crippen LogP contribution >= 0.6 is 0 Å². The van der Waals surface area contributed by atoms with Crippen molar-refractivity contribution >= 4 is 21.6 Å². The van der Waals surface area contributed by atoms with Gasteiger partial charge in [0.1, 0.15) is 13.2 Å². The number of aryl methyl sites for hydroxylation is 1. The van der Waals surface area contributed by atoms with Crippen molar-refractivity contribution in [2.45, 2.75) is 24.8 Å². The van der Waals surface area contributed by atoms with E-state index >= 15 is 0 Å². The molecule has 0 saturated heterocycles. The lowest BCUT2D eigenvalue weighted by molar-refractivity contribution is 0.0939. The average Bonchev–Trinajstić information content (AvgIpc) is 2.79. The zero-order valence-electron chi connectivity index (χ0n) is 17.8. The molecule has 3 aromatic carbocycles. The third kappa shape index (κ3) is 4.86. The van der Waals surface area contributed by atoms with E-state index in [1.807, 2.05) is 32.0 Å². The topological polar surface area (TPSA) is 93.7 Å². The Labute approximate surface area is 187 Å². The van der Waals surface area contributed by atoms with Gasteiger partial charge in [0.15, 0.2) is 11.5 Å². The Balaban J connectivity index is 1.41. The maximum Gasteiger partial charge on any atom is 0.261 e. The normalized spacial score (nSPS) is 13.8. The molecule has 0 radical (unpaired) electrons. The van der Waals surface area contributed by atoms with Gasteiger partial charge in [-0.25, -0.2) is 8.42 Å². The van der Waals surface area contributed by atoms with E-state index in [9.17, 15) is 13.2 Å². The van der Waals surface area contributed by atoms with E-state index in [2.05, 4.69) is 10.0 Å². The summed E-state index contributed by atoms with van der Waals surface area (Å²) in [5.74, 6) is 1.10. The summed E-state index contributed by atoms with van der Waals surface area (Å²) in [7, 11) is -3.70. The maximum absolute atomic E-state index is 12.7. The fraction of sp³-hybridized carbons (Fsp3) is 0.208. The molecule has 0 fully saturated rings. The van der Waals surface area contributed by atoms with Crippen molar-refractivity contribution in [1.82, 2.24) is 5.32 Å². The van der Waals surface area contributed by atoms with Crippen molar-refractivity contribution in [3.05, 3.63) is 83.4 Å². The standard InChI is InChI=1S/C24H24N2O5S/c1-16-3-10-21(11-4-16)32(28,29)26-20-8-5-18(6-9-20)24(27)25-17(2)19-7-12-22-23(15-19)31-14-13-30-22/h3-12,15,17,26H,13-14H2,1-2H3,(H,25,27)/t17-/m0/s1. The lowest BCUT2D eigenvalue weighted by Gasteiger charge is -2.21. The summed E-state index contributed by atoms with van der Waals surface area (Å²) in [4.78, 5) is 12.8. The number of rotatable bonds is 6. The highest BCUT2D eigenvalue weighted by atomic mass is 32.2. The molecule has 0 unspecified atom stereocenters. The summed E-state index contributed by atoms with van der Waals surface area (Å²) >= 11 is 0. The molecule has 2 N–H and O–H groups in total. The van der Waals surface area contributed by atoms with Gasteiger partial charge >= 0.3 is 0 Å². The van der Waals surface area contributed by atoms with Gasteiger partial charge in [0, 0.05) is 11.3 Å². The first kappa shape index (κ1) is 21.7. The number of nitrogens with one attached hydrogen (secondary N) is 2. The molecule has 32 heavy (non-hydrogen) atoms. The molecule has 0 spiro atoms. The summed E-state index contributed by atoms with van der Waals surface area (Å²) in [5, 5.41) is 2.94. The van der Waals surface area contributed by atoms with Crippen molar-refractivity contribution in [2.24, 2.45) is 0 Å². The Morgan fingerprint density at radius 3 is 2.25 bits per heavy atom. The minimum Gasteiger partial charge on any atom is -0.486 e. The van der Waals surface area contributed by atoms with Crippen LogP contribution in [-0.4, -0.2) is 27.5 Å². The summed E-state index contributed by atoms with van der Waals surface area (Å²) in [6.07, 6.45) is 0. The first-order chi connectivity index (χ1) is 15.3. The van der Waals surface area contributed by atoms with Crippen LogP contribution in [0.1, 0.15) is 34.5 Å². The molecule has 0 aromatic heterocycles. The molecule has 4 rings (SSSR count). The zero-order chi connectivity index (χ0) is 22.7. The summed E-state index contributed by atoms with van der Waals surface area (Å²) in [5.41, 5.74) is 2.67. The molecule has 7 nitrogen and oxygen atoms in total. The van der Waals surface area contributed by atoms with Crippen LogP contribution in [0.4, 0.5) is 5.69 Å². The van der Waals surface area contributed by atoms with Crippen molar-refractivity contribution < 1.29 is 22.7 Å². The van der Waals surface area contributed by atoms with Crippen LogP contribution < -0.4 is 19.5 Å². The molecule has 0 bridgehead atoms. The predicted octanol–water partition coefficient (Wildman–Crippen LogP) is 4.06. The summed E-state index contributed by atoms with van der Waals surface area (Å²) in [6.45, 7) is 4.79. The summed E-state index contributed by atoms with van der Waals surface area (Å²) in [6, 6.07) is 18.2. The highest BCUT2D eigenvalue weighted by molar-refractivity contribution is 7.92. The smallest absolute Gasteiger partial charge is 0.261 e. The van der Waals surface area contributed by atoms with Crippen molar-refractivity contribution in [1.29, 1.82) is 0 Å². The lowest BCUT2D eigenvalue weighted by atomic mass is 10.1. The average molecular weight is 453 g/mol. The van der Waals surface area contributed by atoms with Crippen molar-refractivity contribution in [2.75, 3.05) is 17.9 Å².